The number of hydrogen-bond acceptors (Lipinski definition) is 11. The van der Waals surface area contributed by atoms with Gasteiger partial charge in [-0.05, 0) is 12.1 Å². The van der Waals surface area contributed by atoms with E-state index < -0.39 is 12.7 Å². The van der Waals surface area contributed by atoms with Gasteiger partial charge in [-0.2, -0.15) is 28.1 Å². The third-order valence-electron chi connectivity index (χ3n) is 3.22. The largest absolute Gasteiger partial charge is 0.495 e. The molecule has 0 aliphatic rings. The Morgan fingerprint density at radius 2 is 1.97 bits per heavy atom. The minimum absolute atomic E-state index is 0.0257. The molecular weight excluding hydrogens is 429 g/mol. The van der Waals surface area contributed by atoms with Gasteiger partial charge >= 0.3 is 6.18 Å². The number of halogens is 3. The summed E-state index contributed by atoms with van der Waals surface area (Å²) in [6, 6.07) is 7.23. The van der Waals surface area contributed by atoms with Crippen molar-refractivity contribution in [3.8, 4) is 5.75 Å². The van der Waals surface area contributed by atoms with Gasteiger partial charge in [0.05, 0.1) is 18.6 Å². The van der Waals surface area contributed by atoms with Gasteiger partial charge in [-0.3, -0.25) is 0 Å². The van der Waals surface area contributed by atoms with E-state index >= 15 is 0 Å². The van der Waals surface area contributed by atoms with E-state index in [-0.39, 0.29) is 22.8 Å². The highest BCUT2D eigenvalue weighted by Crippen LogP contribution is 2.29. The summed E-state index contributed by atoms with van der Waals surface area (Å²) in [6.07, 6.45) is -4.33. The summed E-state index contributed by atoms with van der Waals surface area (Å²) in [5, 5.41) is 12.8. The van der Waals surface area contributed by atoms with Crippen LogP contribution in [0.4, 0.5) is 35.9 Å². The van der Waals surface area contributed by atoms with Gasteiger partial charge in [0.2, 0.25) is 17.0 Å². The normalized spacial score (nSPS) is 11.3. The van der Waals surface area contributed by atoms with Crippen molar-refractivity contribution in [1.82, 2.24) is 25.1 Å². The fourth-order valence-corrected chi connectivity index (χ4v) is 3.67. The van der Waals surface area contributed by atoms with Crippen LogP contribution in [-0.4, -0.2) is 45.0 Å². The molecule has 0 saturated heterocycles. The summed E-state index contributed by atoms with van der Waals surface area (Å²) in [7, 11) is 1.55. The third-order valence-corrected chi connectivity index (χ3v) is 5.23. The average molecular weight is 444 g/mol. The van der Waals surface area contributed by atoms with Crippen molar-refractivity contribution in [2.45, 2.75) is 16.3 Å². The number of nitrogens with two attached hydrogens (primary N) is 1. The van der Waals surface area contributed by atoms with Crippen molar-refractivity contribution in [2.75, 3.05) is 30.0 Å². The molecule has 4 N–H and O–H groups in total. The SMILES string of the molecule is COc1ccccc1Nc1nc(N)nc(CSc2nnc(NCC(F)(F)F)s2)n1. The smallest absolute Gasteiger partial charge is 0.405 e. The van der Waals surface area contributed by atoms with E-state index in [0.29, 0.717) is 21.6 Å². The Morgan fingerprint density at radius 1 is 1.17 bits per heavy atom. The van der Waals surface area contributed by atoms with E-state index in [0.717, 1.165) is 11.3 Å². The van der Waals surface area contributed by atoms with Gasteiger partial charge in [0.15, 0.2) is 4.34 Å². The number of thioether (sulfide) groups is 1. The van der Waals surface area contributed by atoms with Crippen molar-refractivity contribution in [3.05, 3.63) is 30.1 Å². The van der Waals surface area contributed by atoms with Gasteiger partial charge in [0.25, 0.3) is 0 Å². The second kappa shape index (κ2) is 9.09. The summed E-state index contributed by atoms with van der Waals surface area (Å²) in [5.74, 6) is 1.52. The van der Waals surface area contributed by atoms with Gasteiger partial charge in [-0.25, -0.2) is 0 Å². The van der Waals surface area contributed by atoms with Crippen LogP contribution in [0.15, 0.2) is 28.6 Å². The van der Waals surface area contributed by atoms with E-state index in [1.165, 1.54) is 11.8 Å². The number of anilines is 4. The van der Waals surface area contributed by atoms with Crippen molar-refractivity contribution in [1.29, 1.82) is 0 Å². The maximum absolute atomic E-state index is 12.2. The van der Waals surface area contributed by atoms with Gasteiger partial charge in [-0.15, -0.1) is 10.2 Å². The molecule has 3 aromatic rings. The molecule has 3 rings (SSSR count). The molecule has 9 nitrogen and oxygen atoms in total. The molecule has 14 heteroatoms. The van der Waals surface area contributed by atoms with Crippen molar-refractivity contribution < 1.29 is 17.9 Å². The Kier molecular flexibility index (Phi) is 6.53. The van der Waals surface area contributed by atoms with Gasteiger partial charge in [0.1, 0.15) is 18.1 Å². The Hall–Kier alpha value is -2.87. The second-order valence-corrected chi connectivity index (χ2v) is 7.59. The number of benzene rings is 1. The third kappa shape index (κ3) is 6.32. The van der Waals surface area contributed by atoms with E-state index in [2.05, 4.69) is 35.8 Å². The Morgan fingerprint density at radius 3 is 2.72 bits per heavy atom. The molecule has 0 atom stereocenters. The lowest BCUT2D eigenvalue weighted by molar-refractivity contribution is -0.115. The first-order valence-electron chi connectivity index (χ1n) is 8.00. The van der Waals surface area contributed by atoms with Crippen LogP contribution < -0.4 is 21.1 Å². The number of alkyl halides is 3. The highest BCUT2D eigenvalue weighted by Gasteiger charge is 2.27. The number of nitrogens with one attached hydrogen (secondary N) is 2. The van der Waals surface area contributed by atoms with Crippen LogP contribution in [0.1, 0.15) is 5.82 Å². The zero-order valence-electron chi connectivity index (χ0n) is 14.9. The van der Waals surface area contributed by atoms with Crippen LogP contribution >= 0.6 is 23.1 Å². The monoisotopic (exact) mass is 444 g/mol. The number of hydrogen-bond donors (Lipinski definition) is 3. The Labute approximate surface area is 171 Å². The molecule has 0 saturated carbocycles. The second-order valence-electron chi connectivity index (χ2n) is 5.39. The zero-order chi connectivity index (χ0) is 20.9. The maximum Gasteiger partial charge on any atom is 0.405 e. The molecule has 0 spiro atoms. The molecule has 0 aliphatic carbocycles. The number of para-hydroxylation sites is 2. The molecule has 0 amide bonds. The van der Waals surface area contributed by atoms with Gasteiger partial charge in [0, 0.05) is 0 Å². The summed E-state index contributed by atoms with van der Waals surface area (Å²) >= 11 is 2.23. The van der Waals surface area contributed by atoms with Crippen LogP contribution in [0.2, 0.25) is 0 Å². The predicted molar refractivity (Wildman–Crippen MR) is 105 cm³/mol. The number of nitrogen functional groups attached to an aromatic ring is 1. The lowest BCUT2D eigenvalue weighted by Crippen LogP contribution is -2.21. The molecular formula is C15H15F3N8OS2. The number of nitrogens with zero attached hydrogens (tertiary/aromatic N) is 5. The summed E-state index contributed by atoms with van der Waals surface area (Å²) < 4.78 is 42.4. The zero-order valence-corrected chi connectivity index (χ0v) is 16.5. The molecule has 0 aliphatic heterocycles. The molecule has 0 fully saturated rings. The fraction of sp³-hybridized carbons (Fsp3) is 0.267. The topological polar surface area (TPSA) is 124 Å². The average Bonchev–Trinajstić information content (AvgIpc) is 3.12. The molecule has 2 heterocycles. The summed E-state index contributed by atoms with van der Waals surface area (Å²) in [5.41, 5.74) is 6.41. The Balaban J connectivity index is 1.64. The first-order valence-corrected chi connectivity index (χ1v) is 9.80. The Bertz CT molecular complexity index is 969. The highest BCUT2D eigenvalue weighted by atomic mass is 32.2. The minimum atomic E-state index is -4.33. The number of methoxy groups -OCH3 is 1. The predicted octanol–water partition coefficient (Wildman–Crippen LogP) is 3.32. The van der Waals surface area contributed by atoms with E-state index in [4.69, 9.17) is 10.5 Å². The highest BCUT2D eigenvalue weighted by molar-refractivity contribution is 8.00. The van der Waals surface area contributed by atoms with Gasteiger partial charge < -0.3 is 21.1 Å². The van der Waals surface area contributed by atoms with E-state index in [1.807, 2.05) is 12.1 Å². The van der Waals surface area contributed by atoms with E-state index in [1.54, 1.807) is 19.2 Å². The van der Waals surface area contributed by atoms with Crippen LogP contribution in [0, 0.1) is 0 Å². The minimum Gasteiger partial charge on any atom is -0.495 e. The van der Waals surface area contributed by atoms with Crippen molar-refractivity contribution >= 4 is 45.8 Å². The number of rotatable bonds is 8. The molecule has 0 bridgehead atoms. The molecule has 1 aromatic carbocycles. The fourth-order valence-electron chi connectivity index (χ4n) is 2.07. The standard InChI is InChI=1S/C15H15F3N8OS2/c1-27-9-5-3-2-4-8(9)21-12-23-10(22-11(19)24-12)6-28-14-26-25-13(29-14)20-7-15(16,17)18/h2-5H,6-7H2,1H3,(H,20,25)(H3,19,21,22,23,24). The quantitative estimate of drug-likeness (QED) is 0.446. The number of aromatic nitrogens is 5. The van der Waals surface area contributed by atoms with E-state index in [9.17, 15) is 13.2 Å². The van der Waals surface area contributed by atoms with Gasteiger partial charge in [-0.1, -0.05) is 35.2 Å². The summed E-state index contributed by atoms with van der Waals surface area (Å²) in [4.78, 5) is 12.4. The molecule has 0 radical (unpaired) electrons. The molecule has 154 valence electrons. The van der Waals surface area contributed by atoms with Crippen LogP contribution in [0.5, 0.6) is 5.75 Å². The van der Waals surface area contributed by atoms with Crippen molar-refractivity contribution in [3.63, 3.8) is 0 Å². The van der Waals surface area contributed by atoms with Crippen molar-refractivity contribution in [2.24, 2.45) is 0 Å². The molecule has 0 unspecified atom stereocenters. The number of ether oxygens (including phenoxy) is 1. The summed E-state index contributed by atoms with van der Waals surface area (Å²) in [6.45, 7) is -1.17. The maximum atomic E-state index is 12.2. The van der Waals surface area contributed by atoms with Crippen LogP contribution in [0.25, 0.3) is 0 Å². The van der Waals surface area contributed by atoms with Crippen LogP contribution in [0.3, 0.4) is 0 Å². The molecule has 2 aromatic heterocycles. The first-order chi connectivity index (χ1) is 13.8. The lowest BCUT2D eigenvalue weighted by Gasteiger charge is -2.10. The van der Waals surface area contributed by atoms with Crippen LogP contribution in [-0.2, 0) is 5.75 Å². The first kappa shape index (κ1) is 20.9. The lowest BCUT2D eigenvalue weighted by atomic mass is 10.3. The molecule has 29 heavy (non-hydrogen) atoms.